The zero-order valence-corrected chi connectivity index (χ0v) is 5.35. The molecule has 0 bridgehead atoms. The van der Waals surface area contributed by atoms with Crippen LogP contribution in [0.2, 0.25) is 0 Å². The van der Waals surface area contributed by atoms with Crippen LogP contribution < -0.4 is 0 Å². The standard InChI is InChI=1S/C7H8F2O/c1-2-7(10)6(9)4-3-5-8/h1,4,7,10H,3,5H2/b6-4-. The molecule has 0 spiro atoms. The van der Waals surface area contributed by atoms with Gasteiger partial charge in [-0.15, -0.1) is 6.42 Å². The summed E-state index contributed by atoms with van der Waals surface area (Å²) in [7, 11) is 0. The van der Waals surface area contributed by atoms with Crippen molar-refractivity contribution in [2.45, 2.75) is 12.5 Å². The van der Waals surface area contributed by atoms with E-state index in [0.717, 1.165) is 6.08 Å². The molecule has 0 fully saturated rings. The molecular weight excluding hydrogens is 138 g/mol. The summed E-state index contributed by atoms with van der Waals surface area (Å²) in [5, 5.41) is 8.55. The smallest absolute Gasteiger partial charge is 0.165 e. The van der Waals surface area contributed by atoms with Crippen LogP contribution in [0, 0.1) is 12.3 Å². The molecule has 3 heteroatoms. The minimum absolute atomic E-state index is 0.0510. The predicted octanol–water partition coefficient (Wildman–Crippen LogP) is 1.19. The molecular formula is C7H8F2O. The number of aliphatic hydroxyl groups is 1. The highest BCUT2D eigenvalue weighted by Gasteiger charge is 2.03. The maximum absolute atomic E-state index is 12.3. The highest BCUT2D eigenvalue weighted by molar-refractivity contribution is 5.12. The monoisotopic (exact) mass is 146 g/mol. The van der Waals surface area contributed by atoms with Gasteiger partial charge in [0.05, 0.1) is 6.67 Å². The number of hydrogen-bond acceptors (Lipinski definition) is 1. The molecule has 56 valence electrons. The third-order valence-electron chi connectivity index (χ3n) is 0.868. The van der Waals surface area contributed by atoms with E-state index in [1.165, 1.54) is 0 Å². The number of rotatable bonds is 3. The normalized spacial score (nSPS) is 14.4. The predicted molar refractivity (Wildman–Crippen MR) is 34.6 cm³/mol. The van der Waals surface area contributed by atoms with E-state index in [2.05, 4.69) is 6.42 Å². The summed E-state index contributed by atoms with van der Waals surface area (Å²) in [6, 6.07) is 0. The molecule has 0 aromatic carbocycles. The number of hydrogen-bond donors (Lipinski definition) is 1. The first-order valence-electron chi connectivity index (χ1n) is 2.78. The lowest BCUT2D eigenvalue weighted by Gasteiger charge is -1.96. The van der Waals surface area contributed by atoms with E-state index < -0.39 is 18.6 Å². The van der Waals surface area contributed by atoms with Crippen molar-refractivity contribution in [3.63, 3.8) is 0 Å². The Morgan fingerprint density at radius 2 is 2.40 bits per heavy atom. The molecule has 0 aliphatic carbocycles. The lowest BCUT2D eigenvalue weighted by atomic mass is 10.3. The summed E-state index contributed by atoms with van der Waals surface area (Å²) in [6.07, 6.45) is 4.03. The highest BCUT2D eigenvalue weighted by atomic mass is 19.1. The average molecular weight is 146 g/mol. The number of allylic oxidation sites excluding steroid dienone is 1. The maximum Gasteiger partial charge on any atom is 0.165 e. The fraction of sp³-hybridized carbons (Fsp3) is 0.429. The van der Waals surface area contributed by atoms with Gasteiger partial charge in [-0.2, -0.15) is 0 Å². The molecule has 1 unspecified atom stereocenters. The third-order valence-corrected chi connectivity index (χ3v) is 0.868. The summed E-state index contributed by atoms with van der Waals surface area (Å²) in [5.74, 6) is 0.902. The molecule has 0 radical (unpaired) electrons. The Labute approximate surface area is 58.4 Å². The van der Waals surface area contributed by atoms with Gasteiger partial charge in [0.15, 0.2) is 6.10 Å². The second-order valence-electron chi connectivity index (χ2n) is 1.64. The van der Waals surface area contributed by atoms with E-state index in [0.29, 0.717) is 0 Å². The molecule has 0 heterocycles. The Morgan fingerprint density at radius 1 is 1.80 bits per heavy atom. The van der Waals surface area contributed by atoms with Crippen LogP contribution in [0.3, 0.4) is 0 Å². The van der Waals surface area contributed by atoms with Gasteiger partial charge in [-0.1, -0.05) is 5.92 Å². The third kappa shape index (κ3) is 3.21. The van der Waals surface area contributed by atoms with E-state index in [4.69, 9.17) is 5.11 Å². The lowest BCUT2D eigenvalue weighted by Crippen LogP contribution is -2.02. The average Bonchev–Trinajstić information content (AvgIpc) is 1.98. The number of aliphatic hydroxyl groups excluding tert-OH is 1. The maximum atomic E-state index is 12.3. The van der Waals surface area contributed by atoms with Gasteiger partial charge in [0.2, 0.25) is 0 Å². The van der Waals surface area contributed by atoms with Crippen molar-refractivity contribution in [3.8, 4) is 12.3 Å². The van der Waals surface area contributed by atoms with E-state index in [1.54, 1.807) is 5.92 Å². The highest BCUT2D eigenvalue weighted by Crippen LogP contribution is 2.03. The molecule has 0 aromatic heterocycles. The molecule has 0 saturated carbocycles. The van der Waals surface area contributed by atoms with E-state index >= 15 is 0 Å². The van der Waals surface area contributed by atoms with Gasteiger partial charge >= 0.3 is 0 Å². The van der Waals surface area contributed by atoms with Gasteiger partial charge in [0, 0.05) is 0 Å². The van der Waals surface area contributed by atoms with Crippen LogP contribution in [0.15, 0.2) is 11.9 Å². The number of alkyl halides is 1. The van der Waals surface area contributed by atoms with Gasteiger partial charge < -0.3 is 5.11 Å². The first-order valence-corrected chi connectivity index (χ1v) is 2.78. The van der Waals surface area contributed by atoms with Gasteiger partial charge in [-0.3, -0.25) is 4.39 Å². The quantitative estimate of drug-likeness (QED) is 0.593. The summed E-state index contributed by atoms with van der Waals surface area (Å²) >= 11 is 0. The molecule has 0 saturated heterocycles. The zero-order chi connectivity index (χ0) is 7.98. The van der Waals surface area contributed by atoms with Crippen molar-refractivity contribution < 1.29 is 13.9 Å². The summed E-state index contributed by atoms with van der Waals surface area (Å²) in [5.41, 5.74) is 0. The van der Waals surface area contributed by atoms with Crippen LogP contribution in [0.25, 0.3) is 0 Å². The van der Waals surface area contributed by atoms with Crippen molar-refractivity contribution in [1.29, 1.82) is 0 Å². The Morgan fingerprint density at radius 3 is 2.80 bits per heavy atom. The van der Waals surface area contributed by atoms with Crippen LogP contribution in [0.1, 0.15) is 6.42 Å². The Hall–Kier alpha value is -0.880. The molecule has 1 N–H and O–H groups in total. The fourth-order valence-corrected chi connectivity index (χ4v) is 0.384. The van der Waals surface area contributed by atoms with Gasteiger partial charge in [0.1, 0.15) is 5.83 Å². The summed E-state index contributed by atoms with van der Waals surface area (Å²) < 4.78 is 23.7. The summed E-state index contributed by atoms with van der Waals surface area (Å²) in [4.78, 5) is 0. The van der Waals surface area contributed by atoms with Gasteiger partial charge in [-0.05, 0) is 12.5 Å². The van der Waals surface area contributed by atoms with Crippen molar-refractivity contribution >= 4 is 0 Å². The molecule has 1 atom stereocenters. The van der Waals surface area contributed by atoms with Gasteiger partial charge in [0.25, 0.3) is 0 Å². The zero-order valence-electron chi connectivity index (χ0n) is 5.35. The fourth-order valence-electron chi connectivity index (χ4n) is 0.384. The minimum Gasteiger partial charge on any atom is -0.374 e. The van der Waals surface area contributed by atoms with Crippen molar-refractivity contribution in [3.05, 3.63) is 11.9 Å². The molecule has 1 nitrogen and oxygen atoms in total. The Bertz CT molecular complexity index is 157. The molecule has 0 rings (SSSR count). The lowest BCUT2D eigenvalue weighted by molar-refractivity contribution is 0.236. The molecule has 10 heavy (non-hydrogen) atoms. The first-order chi connectivity index (χ1) is 4.72. The van der Waals surface area contributed by atoms with Crippen molar-refractivity contribution in [2.24, 2.45) is 0 Å². The second-order valence-corrected chi connectivity index (χ2v) is 1.64. The Kier molecular flexibility index (Phi) is 4.51. The number of terminal acetylenes is 1. The molecule has 0 aromatic rings. The van der Waals surface area contributed by atoms with Gasteiger partial charge in [-0.25, -0.2) is 4.39 Å². The topological polar surface area (TPSA) is 20.2 Å². The van der Waals surface area contributed by atoms with Crippen LogP contribution >= 0.6 is 0 Å². The SMILES string of the molecule is C#CC(O)/C(F)=C/CCF. The first kappa shape index (κ1) is 9.12. The van der Waals surface area contributed by atoms with Crippen LogP contribution in [-0.2, 0) is 0 Å². The summed E-state index contributed by atoms with van der Waals surface area (Å²) in [6.45, 7) is -0.648. The van der Waals surface area contributed by atoms with E-state index in [-0.39, 0.29) is 6.42 Å². The van der Waals surface area contributed by atoms with Crippen LogP contribution in [0.5, 0.6) is 0 Å². The Balaban J connectivity index is 3.82. The number of halogens is 2. The minimum atomic E-state index is -1.52. The molecule has 0 amide bonds. The molecule has 0 aliphatic rings. The molecule has 0 aliphatic heterocycles. The second kappa shape index (κ2) is 4.95. The largest absolute Gasteiger partial charge is 0.374 e. The van der Waals surface area contributed by atoms with E-state index in [9.17, 15) is 8.78 Å². The van der Waals surface area contributed by atoms with Crippen LogP contribution in [0.4, 0.5) is 8.78 Å². The van der Waals surface area contributed by atoms with Crippen molar-refractivity contribution in [2.75, 3.05) is 6.67 Å². The van der Waals surface area contributed by atoms with Crippen LogP contribution in [-0.4, -0.2) is 17.9 Å². The van der Waals surface area contributed by atoms with Crippen molar-refractivity contribution in [1.82, 2.24) is 0 Å². The van der Waals surface area contributed by atoms with E-state index in [1.807, 2.05) is 0 Å².